The Morgan fingerprint density at radius 1 is 1.08 bits per heavy atom. The Morgan fingerprint density at radius 3 is 1.23 bits per heavy atom. The van der Waals surface area contributed by atoms with Crippen LogP contribution in [-0.2, 0) is 20.2 Å². The second-order valence-corrected chi connectivity index (χ2v) is 4.89. The molecule has 2 N–H and O–H groups in total. The summed E-state index contributed by atoms with van der Waals surface area (Å²) < 4.78 is 74.5. The lowest BCUT2D eigenvalue weighted by molar-refractivity contribution is 0.426. The zero-order chi connectivity index (χ0) is 11.3. The molecule has 0 atom stereocenters. The highest BCUT2D eigenvalue weighted by Crippen LogP contribution is 1.88. The summed E-state index contributed by atoms with van der Waals surface area (Å²) in [6.07, 6.45) is -1.83. The first kappa shape index (κ1) is 14.9. The predicted octanol–water partition coefficient (Wildman–Crippen LogP) is 0.116. The SMILES string of the molecule is C=C(F)F.O=S(=O)(O)CS(=O)(=O)O. The zero-order valence-electron chi connectivity index (χ0n) is 6.01. The van der Waals surface area contributed by atoms with E-state index in [4.69, 9.17) is 9.11 Å². The van der Waals surface area contributed by atoms with Gasteiger partial charge in [-0.3, -0.25) is 9.11 Å². The second-order valence-electron chi connectivity index (χ2n) is 1.62. The maximum Gasteiger partial charge on any atom is 0.281 e. The molecule has 0 bridgehead atoms. The third-order valence-electron chi connectivity index (χ3n) is 0.298. The van der Waals surface area contributed by atoms with Crippen LogP contribution in [0, 0.1) is 0 Å². The topological polar surface area (TPSA) is 109 Å². The normalized spacial score (nSPS) is 11.4. The van der Waals surface area contributed by atoms with E-state index in [0.717, 1.165) is 0 Å². The number of halogens is 2. The Labute approximate surface area is 73.4 Å². The van der Waals surface area contributed by atoms with Crippen LogP contribution in [0.3, 0.4) is 0 Å². The molecular formula is C3H6F2O6S2. The van der Waals surface area contributed by atoms with Crippen molar-refractivity contribution in [2.45, 2.75) is 0 Å². The highest BCUT2D eigenvalue weighted by atomic mass is 32.3. The molecule has 0 heterocycles. The van der Waals surface area contributed by atoms with Gasteiger partial charge in [-0.05, 0) is 6.58 Å². The molecule has 0 radical (unpaired) electrons. The van der Waals surface area contributed by atoms with Crippen LogP contribution >= 0.6 is 0 Å². The molecule has 80 valence electrons. The van der Waals surface area contributed by atoms with Crippen molar-refractivity contribution in [2.75, 3.05) is 5.08 Å². The standard InChI is InChI=1S/C2H2F2.CH4O6S2/c1-2(3)4;2-8(3,4)1-9(5,6)7/h1H2;1H2,(H,2,3,4)(H,5,6,7). The average molecular weight is 240 g/mol. The third kappa shape index (κ3) is 34.5. The summed E-state index contributed by atoms with van der Waals surface area (Å²) in [6, 6.07) is 0. The summed E-state index contributed by atoms with van der Waals surface area (Å²) in [5.41, 5.74) is 0. The fourth-order valence-electron chi connectivity index (χ4n) is 0.188. The molecule has 0 aliphatic carbocycles. The Balaban J connectivity index is 0. The van der Waals surface area contributed by atoms with Gasteiger partial charge in [-0.15, -0.1) is 0 Å². The van der Waals surface area contributed by atoms with E-state index >= 15 is 0 Å². The van der Waals surface area contributed by atoms with Gasteiger partial charge in [0.1, 0.15) is 0 Å². The summed E-state index contributed by atoms with van der Waals surface area (Å²) in [5.74, 6) is 0. The van der Waals surface area contributed by atoms with Gasteiger partial charge in [0.25, 0.3) is 26.3 Å². The molecule has 0 rings (SSSR count). The Bertz CT molecular complexity index is 319. The monoisotopic (exact) mass is 240 g/mol. The fraction of sp³-hybridized carbons (Fsp3) is 0.333. The number of rotatable bonds is 2. The van der Waals surface area contributed by atoms with E-state index in [-0.39, 0.29) is 0 Å². The summed E-state index contributed by atoms with van der Waals surface area (Å²) in [5, 5.41) is -1.65. The first-order valence-electron chi connectivity index (χ1n) is 2.34. The molecule has 0 unspecified atom stereocenters. The van der Waals surface area contributed by atoms with Crippen LogP contribution in [0.25, 0.3) is 0 Å². The average Bonchev–Trinajstić information content (AvgIpc) is 1.47. The van der Waals surface area contributed by atoms with Crippen LogP contribution in [0.5, 0.6) is 0 Å². The van der Waals surface area contributed by atoms with Gasteiger partial charge in [0.15, 0.2) is 0 Å². The summed E-state index contributed by atoms with van der Waals surface area (Å²) in [7, 11) is -9.24. The van der Waals surface area contributed by atoms with E-state index < -0.39 is 31.4 Å². The van der Waals surface area contributed by atoms with Crippen molar-refractivity contribution >= 4 is 20.2 Å². The fourth-order valence-corrected chi connectivity index (χ4v) is 1.69. The first-order valence-corrected chi connectivity index (χ1v) is 5.56. The summed E-state index contributed by atoms with van der Waals surface area (Å²) in [4.78, 5) is 0. The van der Waals surface area contributed by atoms with Crippen LogP contribution < -0.4 is 0 Å². The Kier molecular flexibility index (Phi) is 5.98. The number of hydrogen-bond donors (Lipinski definition) is 2. The maximum absolute atomic E-state index is 10.1. The zero-order valence-corrected chi connectivity index (χ0v) is 7.65. The molecule has 0 aromatic heterocycles. The first-order chi connectivity index (χ1) is 5.44. The second kappa shape index (κ2) is 5.21. The molecule has 0 aliphatic heterocycles. The lowest BCUT2D eigenvalue weighted by Crippen LogP contribution is -2.13. The molecule has 0 fully saturated rings. The van der Waals surface area contributed by atoms with Crippen molar-refractivity contribution in [3.05, 3.63) is 12.7 Å². The molecule has 13 heavy (non-hydrogen) atoms. The van der Waals surface area contributed by atoms with Crippen LogP contribution in [0.2, 0.25) is 0 Å². The number of hydrogen-bond acceptors (Lipinski definition) is 4. The summed E-state index contributed by atoms with van der Waals surface area (Å²) in [6.45, 7) is 2.22. The minimum atomic E-state index is -4.62. The van der Waals surface area contributed by atoms with Crippen molar-refractivity contribution in [1.29, 1.82) is 0 Å². The molecule has 0 aromatic rings. The van der Waals surface area contributed by atoms with Crippen molar-refractivity contribution in [2.24, 2.45) is 0 Å². The van der Waals surface area contributed by atoms with E-state index in [1.54, 1.807) is 0 Å². The van der Waals surface area contributed by atoms with Crippen molar-refractivity contribution < 1.29 is 34.7 Å². The van der Waals surface area contributed by atoms with Crippen LogP contribution in [-0.4, -0.2) is 31.0 Å². The van der Waals surface area contributed by atoms with E-state index in [9.17, 15) is 25.6 Å². The molecule has 10 heteroatoms. The van der Waals surface area contributed by atoms with E-state index in [0.29, 0.717) is 0 Å². The van der Waals surface area contributed by atoms with Crippen LogP contribution in [0.1, 0.15) is 0 Å². The van der Waals surface area contributed by atoms with Gasteiger partial charge in [0.05, 0.1) is 0 Å². The van der Waals surface area contributed by atoms with E-state index in [2.05, 4.69) is 6.58 Å². The molecule has 0 aliphatic rings. The maximum atomic E-state index is 10.1. The molecule has 0 amide bonds. The largest absolute Gasteiger partial charge is 0.285 e. The van der Waals surface area contributed by atoms with Gasteiger partial charge in [-0.1, -0.05) is 0 Å². The lowest BCUT2D eigenvalue weighted by atomic mass is 11.2. The molecule has 0 spiro atoms. The highest BCUT2D eigenvalue weighted by Gasteiger charge is 2.15. The van der Waals surface area contributed by atoms with Gasteiger partial charge in [0.2, 0.25) is 5.08 Å². The van der Waals surface area contributed by atoms with Crippen molar-refractivity contribution in [1.82, 2.24) is 0 Å². The van der Waals surface area contributed by atoms with Crippen LogP contribution in [0.15, 0.2) is 12.7 Å². The third-order valence-corrected chi connectivity index (χ3v) is 2.68. The van der Waals surface area contributed by atoms with Crippen LogP contribution in [0.4, 0.5) is 8.78 Å². The van der Waals surface area contributed by atoms with Crippen molar-refractivity contribution in [3.63, 3.8) is 0 Å². The molecule has 0 aromatic carbocycles. The lowest BCUT2D eigenvalue weighted by Gasteiger charge is -1.89. The molecular weight excluding hydrogens is 234 g/mol. The van der Waals surface area contributed by atoms with E-state index in [1.807, 2.05) is 0 Å². The highest BCUT2D eigenvalue weighted by molar-refractivity contribution is 8.02. The minimum absolute atomic E-state index is 1.65. The predicted molar refractivity (Wildman–Crippen MR) is 39.3 cm³/mol. The molecule has 0 saturated heterocycles. The Hall–Kier alpha value is -0.580. The molecule has 6 nitrogen and oxygen atoms in total. The minimum Gasteiger partial charge on any atom is -0.285 e. The quantitative estimate of drug-likeness (QED) is 0.663. The van der Waals surface area contributed by atoms with Gasteiger partial charge < -0.3 is 0 Å². The van der Waals surface area contributed by atoms with Gasteiger partial charge in [0, 0.05) is 0 Å². The van der Waals surface area contributed by atoms with Crippen molar-refractivity contribution in [3.8, 4) is 0 Å². The smallest absolute Gasteiger partial charge is 0.281 e. The van der Waals surface area contributed by atoms with Gasteiger partial charge in [-0.25, -0.2) is 0 Å². The van der Waals surface area contributed by atoms with Gasteiger partial charge >= 0.3 is 0 Å². The van der Waals surface area contributed by atoms with E-state index in [1.165, 1.54) is 0 Å². The van der Waals surface area contributed by atoms with Gasteiger partial charge in [-0.2, -0.15) is 25.6 Å². The Morgan fingerprint density at radius 2 is 1.23 bits per heavy atom. The molecule has 0 saturated carbocycles. The summed E-state index contributed by atoms with van der Waals surface area (Å²) >= 11 is 0.